The monoisotopic (exact) mass is 530 g/mol. The van der Waals surface area contributed by atoms with Gasteiger partial charge in [-0.25, -0.2) is 0 Å². The van der Waals surface area contributed by atoms with Gasteiger partial charge in [0.05, 0.1) is 18.2 Å². The summed E-state index contributed by atoms with van der Waals surface area (Å²) in [4.78, 5) is 25.1. The molecule has 8 nitrogen and oxygen atoms in total. The summed E-state index contributed by atoms with van der Waals surface area (Å²) < 4.78 is 84.8. The smallest absolute Gasteiger partial charge is 0.367 e. The number of fused-ring (bicyclic) bond motifs is 2. The number of rotatable bonds is 7. The number of carbonyl (C=O) groups is 2. The van der Waals surface area contributed by atoms with Gasteiger partial charge in [0.25, 0.3) is 0 Å². The Hall–Kier alpha value is -1.64. The Bertz CT molecular complexity index is 775. The highest BCUT2D eigenvalue weighted by Gasteiger charge is 2.47. The quantitative estimate of drug-likeness (QED) is 0.375. The largest absolute Gasteiger partial charge is 0.522 e. The van der Waals surface area contributed by atoms with E-state index in [0.717, 1.165) is 12.8 Å². The molecule has 5 rings (SSSR count). The van der Waals surface area contributed by atoms with Gasteiger partial charge in [-0.2, -0.15) is 13.2 Å². The van der Waals surface area contributed by atoms with E-state index in [-0.39, 0.29) is 69.3 Å². The fourth-order valence-corrected chi connectivity index (χ4v) is 5.70. The Kier molecular flexibility index (Phi) is 8.37. The zero-order chi connectivity index (χ0) is 26.1. The van der Waals surface area contributed by atoms with E-state index in [4.69, 9.17) is 4.74 Å². The van der Waals surface area contributed by atoms with Crippen molar-refractivity contribution < 1.29 is 45.4 Å². The minimum absolute atomic E-state index is 0.0254. The van der Waals surface area contributed by atoms with Gasteiger partial charge in [-0.15, -0.1) is 13.2 Å². The second kappa shape index (κ2) is 11.0. The number of carbonyl (C=O) groups excluding carboxylic acids is 2. The molecular formula is C22H32F6N4O4. The van der Waals surface area contributed by atoms with Gasteiger partial charge in [-0.1, -0.05) is 0 Å². The fraction of sp³-hybridized carbons (Fsp3) is 0.909. The molecule has 3 saturated carbocycles. The lowest BCUT2D eigenvalue weighted by Gasteiger charge is -2.51. The van der Waals surface area contributed by atoms with Crippen LogP contribution in [0.25, 0.3) is 0 Å². The summed E-state index contributed by atoms with van der Waals surface area (Å²) in [5.74, 6) is -0.0311. The molecule has 14 heteroatoms. The lowest BCUT2D eigenvalue weighted by atomic mass is 9.60. The van der Waals surface area contributed by atoms with Gasteiger partial charge in [0.1, 0.15) is 12.6 Å². The summed E-state index contributed by atoms with van der Waals surface area (Å²) in [5.41, 5.74) is 0. The molecule has 2 saturated heterocycles. The van der Waals surface area contributed by atoms with Crippen molar-refractivity contribution >= 4 is 11.8 Å². The second-order valence-corrected chi connectivity index (χ2v) is 10.3. The highest BCUT2D eigenvalue weighted by Crippen LogP contribution is 2.45. The van der Waals surface area contributed by atoms with Crippen LogP contribution < -0.4 is 21.3 Å². The van der Waals surface area contributed by atoms with Gasteiger partial charge in [0, 0.05) is 25.2 Å². The second-order valence-electron chi connectivity index (χ2n) is 10.3. The summed E-state index contributed by atoms with van der Waals surface area (Å²) in [5, 5.41) is 11.2. The van der Waals surface area contributed by atoms with E-state index in [9.17, 15) is 35.9 Å². The van der Waals surface area contributed by atoms with Crippen molar-refractivity contribution in [1.82, 2.24) is 21.3 Å². The van der Waals surface area contributed by atoms with E-state index in [2.05, 4.69) is 26.0 Å². The summed E-state index contributed by atoms with van der Waals surface area (Å²) in [6.07, 6.45) is -7.80. The zero-order valence-corrected chi connectivity index (χ0v) is 19.6. The number of halogens is 6. The Morgan fingerprint density at radius 2 is 1.44 bits per heavy atom. The van der Waals surface area contributed by atoms with Crippen LogP contribution in [0.4, 0.5) is 26.3 Å². The molecule has 0 aromatic carbocycles. The summed E-state index contributed by atoms with van der Waals surface area (Å²) in [7, 11) is 0. The third kappa shape index (κ3) is 7.23. The number of nitrogens with one attached hydrogen (secondary N) is 4. The van der Waals surface area contributed by atoms with Crippen LogP contribution in [0.5, 0.6) is 0 Å². The third-order valence-electron chi connectivity index (χ3n) is 7.73. The molecule has 2 aliphatic heterocycles. The van der Waals surface area contributed by atoms with Gasteiger partial charge in [0.2, 0.25) is 11.8 Å². The van der Waals surface area contributed by atoms with Crippen molar-refractivity contribution in [2.45, 2.75) is 93.9 Å². The van der Waals surface area contributed by atoms with Crippen molar-refractivity contribution in [3.8, 4) is 0 Å². The number of hydrogen-bond acceptors (Lipinski definition) is 6. The van der Waals surface area contributed by atoms with E-state index in [0.29, 0.717) is 18.3 Å². The van der Waals surface area contributed by atoms with Crippen LogP contribution in [0, 0.1) is 11.8 Å². The Labute approximate surface area is 204 Å². The number of amides is 2. The maximum Gasteiger partial charge on any atom is 0.522 e. The van der Waals surface area contributed by atoms with Crippen molar-refractivity contribution in [3.63, 3.8) is 0 Å². The highest BCUT2D eigenvalue weighted by molar-refractivity contribution is 5.82. The fourth-order valence-electron chi connectivity index (χ4n) is 5.70. The average Bonchev–Trinajstić information content (AvgIpc) is 2.76. The normalized spacial score (nSPS) is 37.1. The predicted molar refractivity (Wildman–Crippen MR) is 113 cm³/mol. The summed E-state index contributed by atoms with van der Waals surface area (Å²) >= 11 is 0. The Balaban J connectivity index is 1.16. The molecule has 2 bridgehead atoms. The minimum atomic E-state index is -4.71. The topological polar surface area (TPSA) is 101 Å². The van der Waals surface area contributed by atoms with E-state index in [1.54, 1.807) is 0 Å². The SMILES string of the molecule is O=C(COC1CCC(C(F)(F)F)NC1)N[C@H]1CC(NC(=O)C2CCC(OC(F)(F)F)CN2)C2CC1C2. The molecule has 0 aromatic rings. The molecule has 3 aliphatic carbocycles. The molecule has 0 aromatic heterocycles. The third-order valence-corrected chi connectivity index (χ3v) is 7.73. The summed E-state index contributed by atoms with van der Waals surface area (Å²) in [6.45, 7) is -0.294. The molecule has 36 heavy (non-hydrogen) atoms. The standard InChI is InChI=1S/C22H32F6N4O4/c23-21(24,25)18-4-2-13(8-30-18)35-10-19(33)31-16-7-17(12-5-11(16)6-12)32-20(34)15-3-1-14(9-29-15)36-22(26,27)28/h11-18,29-30H,1-10H2,(H,31,33)(H,32,34)/t11?,12?,13?,14?,15?,16-,17?,18?/m0/s1. The van der Waals surface area contributed by atoms with E-state index >= 15 is 0 Å². The molecular weight excluding hydrogens is 498 g/mol. The Morgan fingerprint density at radius 1 is 0.806 bits per heavy atom. The van der Waals surface area contributed by atoms with Crippen LogP contribution in [-0.4, -0.2) is 80.4 Å². The van der Waals surface area contributed by atoms with E-state index in [1.165, 1.54) is 0 Å². The van der Waals surface area contributed by atoms with E-state index in [1.807, 2.05) is 0 Å². The Morgan fingerprint density at radius 3 is 2.00 bits per heavy atom. The first-order valence-electron chi connectivity index (χ1n) is 12.4. The minimum Gasteiger partial charge on any atom is -0.367 e. The van der Waals surface area contributed by atoms with Gasteiger partial charge in [0.15, 0.2) is 0 Å². The molecule has 0 spiro atoms. The predicted octanol–water partition coefficient (Wildman–Crippen LogP) is 1.74. The molecule has 2 amide bonds. The van der Waals surface area contributed by atoms with Crippen LogP contribution >= 0.6 is 0 Å². The maximum atomic E-state index is 12.7. The van der Waals surface area contributed by atoms with Crippen LogP contribution in [-0.2, 0) is 19.1 Å². The molecule has 2 heterocycles. The number of alkyl halides is 6. The number of hydrogen-bond donors (Lipinski definition) is 4. The van der Waals surface area contributed by atoms with Gasteiger partial charge in [-0.3, -0.25) is 14.3 Å². The highest BCUT2D eigenvalue weighted by atomic mass is 19.4. The summed E-state index contributed by atoms with van der Waals surface area (Å²) in [6, 6.07) is -2.45. The van der Waals surface area contributed by atoms with Gasteiger partial charge in [-0.05, 0) is 56.8 Å². The van der Waals surface area contributed by atoms with Crippen LogP contribution in [0.1, 0.15) is 44.9 Å². The van der Waals surface area contributed by atoms with Crippen LogP contribution in [0.15, 0.2) is 0 Å². The average molecular weight is 531 g/mol. The molecule has 6 atom stereocenters. The first kappa shape index (κ1) is 27.4. The number of piperidine rings is 2. The first-order valence-corrected chi connectivity index (χ1v) is 12.4. The molecule has 4 N–H and O–H groups in total. The maximum absolute atomic E-state index is 12.7. The van der Waals surface area contributed by atoms with Crippen molar-refractivity contribution in [2.75, 3.05) is 19.7 Å². The van der Waals surface area contributed by atoms with Gasteiger partial charge < -0.3 is 26.0 Å². The van der Waals surface area contributed by atoms with Crippen molar-refractivity contribution in [1.29, 1.82) is 0 Å². The van der Waals surface area contributed by atoms with Crippen LogP contribution in [0.3, 0.4) is 0 Å². The number of ether oxygens (including phenoxy) is 2. The van der Waals surface area contributed by atoms with Crippen molar-refractivity contribution in [3.05, 3.63) is 0 Å². The lowest BCUT2D eigenvalue weighted by molar-refractivity contribution is -0.343. The molecule has 5 unspecified atom stereocenters. The molecule has 5 aliphatic rings. The lowest BCUT2D eigenvalue weighted by Crippen LogP contribution is -2.62. The molecule has 0 radical (unpaired) electrons. The first-order chi connectivity index (χ1) is 16.9. The van der Waals surface area contributed by atoms with Gasteiger partial charge >= 0.3 is 12.5 Å². The molecule has 206 valence electrons. The van der Waals surface area contributed by atoms with Crippen molar-refractivity contribution in [2.24, 2.45) is 11.8 Å². The zero-order valence-electron chi connectivity index (χ0n) is 19.6. The molecule has 5 fully saturated rings. The van der Waals surface area contributed by atoms with Crippen LogP contribution in [0.2, 0.25) is 0 Å². The van der Waals surface area contributed by atoms with E-state index < -0.39 is 36.8 Å².